The van der Waals surface area contributed by atoms with E-state index in [4.69, 9.17) is 4.42 Å². The van der Waals surface area contributed by atoms with Gasteiger partial charge in [-0.15, -0.1) is 0 Å². The minimum Gasteiger partial charge on any atom is -0.467 e. The molecule has 0 bridgehead atoms. The van der Waals surface area contributed by atoms with Crippen LogP contribution in [0.4, 0.5) is 5.69 Å². The Morgan fingerprint density at radius 2 is 1.74 bits per heavy atom. The Kier molecular flexibility index (Phi) is 8.21. The fourth-order valence-electron chi connectivity index (χ4n) is 5.38. The van der Waals surface area contributed by atoms with Crippen LogP contribution in [0.3, 0.4) is 0 Å². The van der Waals surface area contributed by atoms with E-state index in [0.29, 0.717) is 23.8 Å². The molecule has 2 heterocycles. The maximum Gasteiger partial charge on any atom is 0.250 e. The number of nitrogens with zero attached hydrogens (tertiary/aromatic N) is 2. The SMILES string of the molecule is Cc1cccc(C)c1NC(=O)C1(N(Cc2ccco2)C(=O)CSc2ncc(-c3ccccc3)[nH]2)CCCCC1. The summed E-state index contributed by atoms with van der Waals surface area (Å²) in [5.74, 6) is 0.560. The average molecular weight is 543 g/mol. The first kappa shape index (κ1) is 26.8. The molecule has 2 aromatic carbocycles. The molecule has 8 heteroatoms. The molecule has 4 aromatic rings. The molecule has 5 rings (SSSR count). The summed E-state index contributed by atoms with van der Waals surface area (Å²) >= 11 is 1.35. The molecule has 2 aromatic heterocycles. The Morgan fingerprint density at radius 1 is 1.00 bits per heavy atom. The molecule has 1 saturated carbocycles. The number of anilines is 1. The maximum atomic E-state index is 14.1. The minimum absolute atomic E-state index is 0.118. The minimum atomic E-state index is -0.963. The summed E-state index contributed by atoms with van der Waals surface area (Å²) in [6.45, 7) is 4.22. The fraction of sp³-hybridized carbons (Fsp3) is 0.323. The van der Waals surface area contributed by atoms with Gasteiger partial charge in [0.05, 0.1) is 30.5 Å². The number of benzene rings is 2. The molecule has 0 saturated heterocycles. The first-order valence-corrected chi connectivity index (χ1v) is 14.4. The number of amides is 2. The van der Waals surface area contributed by atoms with Gasteiger partial charge in [0.25, 0.3) is 0 Å². The molecule has 2 amide bonds. The van der Waals surface area contributed by atoms with Crippen molar-refractivity contribution >= 4 is 29.3 Å². The van der Waals surface area contributed by atoms with Gasteiger partial charge in [0, 0.05) is 5.69 Å². The first-order chi connectivity index (χ1) is 19.0. The fourth-order valence-corrected chi connectivity index (χ4v) is 6.11. The topological polar surface area (TPSA) is 91.2 Å². The van der Waals surface area contributed by atoms with Gasteiger partial charge in [0.1, 0.15) is 11.3 Å². The number of aromatic nitrogens is 2. The summed E-state index contributed by atoms with van der Waals surface area (Å²) in [5, 5.41) is 3.88. The van der Waals surface area contributed by atoms with Gasteiger partial charge in [-0.05, 0) is 55.5 Å². The number of H-pyrrole nitrogens is 1. The zero-order chi connectivity index (χ0) is 27.2. The van der Waals surface area contributed by atoms with Gasteiger partial charge in [0.2, 0.25) is 11.8 Å². The van der Waals surface area contributed by atoms with Crippen molar-refractivity contribution in [3.63, 3.8) is 0 Å². The predicted molar refractivity (Wildman–Crippen MR) is 154 cm³/mol. The monoisotopic (exact) mass is 542 g/mol. The Hall–Kier alpha value is -3.78. The van der Waals surface area contributed by atoms with Crippen LogP contribution in [0.1, 0.15) is 49.0 Å². The number of carbonyl (C=O) groups excluding carboxylic acids is 2. The third kappa shape index (κ3) is 5.96. The molecule has 0 atom stereocenters. The molecule has 39 heavy (non-hydrogen) atoms. The molecule has 1 fully saturated rings. The highest BCUT2D eigenvalue weighted by molar-refractivity contribution is 7.99. The summed E-state index contributed by atoms with van der Waals surface area (Å²) < 4.78 is 5.65. The van der Waals surface area contributed by atoms with E-state index in [1.54, 1.807) is 17.4 Å². The van der Waals surface area contributed by atoms with E-state index < -0.39 is 5.54 Å². The van der Waals surface area contributed by atoms with E-state index in [9.17, 15) is 9.59 Å². The number of aromatic amines is 1. The van der Waals surface area contributed by atoms with Crippen LogP contribution in [0.25, 0.3) is 11.3 Å². The zero-order valence-electron chi connectivity index (χ0n) is 22.4. The van der Waals surface area contributed by atoms with Crippen molar-refractivity contribution in [2.75, 3.05) is 11.1 Å². The Balaban J connectivity index is 1.40. The predicted octanol–water partition coefficient (Wildman–Crippen LogP) is 6.75. The van der Waals surface area contributed by atoms with Crippen LogP contribution >= 0.6 is 11.8 Å². The average Bonchev–Trinajstić information content (AvgIpc) is 3.66. The van der Waals surface area contributed by atoms with Crippen molar-refractivity contribution in [1.82, 2.24) is 14.9 Å². The van der Waals surface area contributed by atoms with Crippen molar-refractivity contribution in [3.8, 4) is 11.3 Å². The zero-order valence-corrected chi connectivity index (χ0v) is 23.2. The van der Waals surface area contributed by atoms with Crippen molar-refractivity contribution in [2.45, 2.75) is 63.2 Å². The Bertz CT molecular complexity index is 1390. The quantitative estimate of drug-likeness (QED) is 0.228. The van der Waals surface area contributed by atoms with Crippen molar-refractivity contribution in [2.24, 2.45) is 0 Å². The Labute approximate surface area is 233 Å². The van der Waals surface area contributed by atoms with Crippen LogP contribution in [-0.2, 0) is 16.1 Å². The second-order valence-corrected chi connectivity index (χ2v) is 11.1. The molecular formula is C31H34N4O3S. The largest absolute Gasteiger partial charge is 0.467 e. The van der Waals surface area contributed by atoms with Crippen LogP contribution in [-0.4, -0.2) is 38.0 Å². The van der Waals surface area contributed by atoms with Crippen LogP contribution in [0.5, 0.6) is 0 Å². The molecule has 1 aliphatic carbocycles. The first-order valence-electron chi connectivity index (χ1n) is 13.4. The van der Waals surface area contributed by atoms with Crippen molar-refractivity contribution < 1.29 is 14.0 Å². The van der Waals surface area contributed by atoms with Gasteiger partial charge in [-0.25, -0.2) is 4.98 Å². The number of hydrogen-bond donors (Lipinski definition) is 2. The number of para-hydroxylation sites is 1. The molecule has 0 aliphatic heterocycles. The normalized spacial score (nSPS) is 14.6. The van der Waals surface area contributed by atoms with Crippen LogP contribution in [0.2, 0.25) is 0 Å². The van der Waals surface area contributed by atoms with Gasteiger partial charge < -0.3 is 19.6 Å². The van der Waals surface area contributed by atoms with E-state index >= 15 is 0 Å². The van der Waals surface area contributed by atoms with E-state index in [0.717, 1.165) is 47.3 Å². The number of rotatable bonds is 9. The number of furan rings is 1. The maximum absolute atomic E-state index is 14.1. The second kappa shape index (κ2) is 11.9. The van der Waals surface area contributed by atoms with E-state index in [2.05, 4.69) is 15.3 Å². The number of hydrogen-bond acceptors (Lipinski definition) is 5. The van der Waals surface area contributed by atoms with Gasteiger partial charge in [0.15, 0.2) is 5.16 Å². The third-order valence-corrected chi connectivity index (χ3v) is 8.38. The molecule has 2 N–H and O–H groups in total. The highest BCUT2D eigenvalue weighted by Crippen LogP contribution is 2.37. The molecule has 202 valence electrons. The van der Waals surface area contributed by atoms with Crippen molar-refractivity contribution in [1.29, 1.82) is 0 Å². The van der Waals surface area contributed by atoms with E-state index in [1.165, 1.54) is 11.8 Å². The van der Waals surface area contributed by atoms with Gasteiger partial charge >= 0.3 is 0 Å². The van der Waals surface area contributed by atoms with E-state index in [1.807, 2.05) is 74.5 Å². The van der Waals surface area contributed by atoms with Crippen molar-refractivity contribution in [3.05, 3.63) is 90.0 Å². The summed E-state index contributed by atoms with van der Waals surface area (Å²) in [6, 6.07) is 19.6. The summed E-state index contributed by atoms with van der Waals surface area (Å²) in [4.78, 5) is 37.6. The second-order valence-electron chi connectivity index (χ2n) is 10.1. The van der Waals surface area contributed by atoms with Crippen LogP contribution < -0.4 is 5.32 Å². The molecule has 1 aliphatic rings. The lowest BCUT2D eigenvalue weighted by molar-refractivity contribution is -0.147. The third-order valence-electron chi connectivity index (χ3n) is 7.50. The number of thioether (sulfide) groups is 1. The van der Waals surface area contributed by atoms with Gasteiger partial charge in [-0.2, -0.15) is 0 Å². The lowest BCUT2D eigenvalue weighted by atomic mass is 9.79. The number of nitrogens with one attached hydrogen (secondary N) is 2. The van der Waals surface area contributed by atoms with Crippen LogP contribution in [0.15, 0.2) is 82.7 Å². The molecule has 0 unspecified atom stereocenters. The molecule has 0 radical (unpaired) electrons. The number of aryl methyl sites for hydroxylation is 2. The van der Waals surface area contributed by atoms with E-state index in [-0.39, 0.29) is 24.1 Å². The van der Waals surface area contributed by atoms with Crippen LogP contribution in [0, 0.1) is 13.8 Å². The molecule has 0 spiro atoms. The molecule has 7 nitrogen and oxygen atoms in total. The molecular weight excluding hydrogens is 508 g/mol. The standard InChI is InChI=1S/C31H34N4O3S/c1-22-11-9-12-23(2)28(22)34-29(37)31(16-7-4-8-17-31)35(20-25-15-10-18-38-25)27(36)21-39-30-32-19-26(33-30)24-13-5-3-6-14-24/h3,5-6,9-15,18-19H,4,7-8,16-17,20-21H2,1-2H3,(H,32,33)(H,34,37). The number of carbonyl (C=O) groups is 2. The number of imidazole rings is 1. The summed E-state index contributed by atoms with van der Waals surface area (Å²) in [5.41, 5.74) is 3.79. The smallest absolute Gasteiger partial charge is 0.250 e. The van der Waals surface area contributed by atoms with Gasteiger partial charge in [-0.3, -0.25) is 9.59 Å². The lowest BCUT2D eigenvalue weighted by Crippen LogP contribution is -2.60. The van der Waals surface area contributed by atoms with Gasteiger partial charge in [-0.1, -0.05) is 79.6 Å². The Morgan fingerprint density at radius 3 is 2.44 bits per heavy atom. The highest BCUT2D eigenvalue weighted by atomic mass is 32.2. The summed E-state index contributed by atoms with van der Waals surface area (Å²) in [6.07, 6.45) is 7.42. The highest BCUT2D eigenvalue weighted by Gasteiger charge is 2.47. The lowest BCUT2D eigenvalue weighted by Gasteiger charge is -2.45. The summed E-state index contributed by atoms with van der Waals surface area (Å²) in [7, 11) is 0.